The Kier molecular flexibility index (Phi) is 18.7. The minimum Gasteiger partial charge on any atom is -0.494 e. The number of anilines is 5. The minimum atomic E-state index is -0.511. The summed E-state index contributed by atoms with van der Waals surface area (Å²) >= 11 is 0. The molecular formula is C42H61N7O4. The Balaban J connectivity index is 0.00000108. The second kappa shape index (κ2) is 22.6. The number of carbonyl (C=O) groups excluding carboxylic acids is 3. The number of benzene rings is 3. The number of nitrogens with zero attached hydrogens (tertiary/aromatic N) is 2. The standard InChI is InChI=1S/C31H31N7O4.C5H12.C4H10.C2H6.H2/c1-19-6-3-7-22(16-19)34-28-20(2)17-33-31(37-28)35-21-10-12-23(13-11-21)42-15-5-14-32-18-26(39)36-25-9-4-8-24-27(25)30(41)38-29(24)40;1-5(2,3)4;1-3-4-2;1-2;/h3-4,6-13,16-17,32H,5,14-15,18H2,1-2H3,(H,36,39)(H,38,40,41)(H2,33,34,35,37);1-4H3;3-4H2,1-2H3;1-2H3;1H. The van der Waals surface area contributed by atoms with Gasteiger partial charge in [0.25, 0.3) is 11.8 Å². The second-order valence-electron chi connectivity index (χ2n) is 13.8. The molecule has 2 heterocycles. The van der Waals surface area contributed by atoms with Crippen molar-refractivity contribution in [1.82, 2.24) is 20.6 Å². The van der Waals surface area contributed by atoms with Crippen molar-refractivity contribution >= 4 is 46.5 Å². The fraction of sp³-hybridized carbons (Fsp3) is 0.405. The molecule has 0 atom stereocenters. The van der Waals surface area contributed by atoms with E-state index in [1.165, 1.54) is 12.8 Å². The number of rotatable bonds is 13. The Labute approximate surface area is 317 Å². The van der Waals surface area contributed by atoms with Crippen LogP contribution in [0.2, 0.25) is 0 Å². The van der Waals surface area contributed by atoms with Gasteiger partial charge in [0.15, 0.2) is 0 Å². The number of aryl methyl sites for hydroxylation is 2. The summed E-state index contributed by atoms with van der Waals surface area (Å²) in [4.78, 5) is 45.1. The molecule has 0 unspecified atom stereocenters. The van der Waals surface area contributed by atoms with Crippen LogP contribution < -0.4 is 31.3 Å². The largest absolute Gasteiger partial charge is 0.494 e. The van der Waals surface area contributed by atoms with Gasteiger partial charge in [-0.15, -0.1) is 0 Å². The molecule has 1 aromatic heterocycles. The molecule has 1 aliphatic rings. The van der Waals surface area contributed by atoms with E-state index in [0.717, 1.165) is 34.1 Å². The average Bonchev–Trinajstić information content (AvgIpc) is 3.42. The van der Waals surface area contributed by atoms with Crippen LogP contribution in [0.25, 0.3) is 0 Å². The molecule has 0 spiro atoms. The van der Waals surface area contributed by atoms with Crippen molar-refractivity contribution in [2.45, 2.75) is 88.5 Å². The van der Waals surface area contributed by atoms with Crippen molar-refractivity contribution in [2.24, 2.45) is 5.41 Å². The zero-order valence-corrected chi connectivity index (χ0v) is 33.2. The number of aromatic nitrogens is 2. The van der Waals surface area contributed by atoms with Crippen molar-refractivity contribution in [3.8, 4) is 5.75 Å². The van der Waals surface area contributed by atoms with Gasteiger partial charge < -0.3 is 26.0 Å². The van der Waals surface area contributed by atoms with E-state index in [-0.39, 0.29) is 25.0 Å². The zero-order valence-electron chi connectivity index (χ0n) is 33.2. The summed E-state index contributed by atoms with van der Waals surface area (Å²) in [6, 6.07) is 20.4. The van der Waals surface area contributed by atoms with Gasteiger partial charge in [-0.2, -0.15) is 4.98 Å². The van der Waals surface area contributed by atoms with Gasteiger partial charge >= 0.3 is 0 Å². The SMILES string of the molecule is CC.CC(C)(C)C.CCCC.Cc1cccc(Nc2nc(Nc3ccc(OCCCNCC(=O)Nc4cccc5c4C(=O)NC5=O)cc3)ncc2C)c1.[HH]. The quantitative estimate of drug-likeness (QED) is 0.0671. The molecule has 0 saturated heterocycles. The van der Waals surface area contributed by atoms with Gasteiger partial charge in [0, 0.05) is 24.6 Å². The predicted octanol–water partition coefficient (Wildman–Crippen LogP) is 9.59. The monoisotopic (exact) mass is 727 g/mol. The lowest BCUT2D eigenvalue weighted by molar-refractivity contribution is -0.115. The maximum absolute atomic E-state index is 12.3. The first kappa shape index (κ1) is 43.9. The second-order valence-corrected chi connectivity index (χ2v) is 13.8. The van der Waals surface area contributed by atoms with Gasteiger partial charge in [0.05, 0.1) is 30.0 Å². The lowest BCUT2D eigenvalue weighted by Crippen LogP contribution is -2.30. The van der Waals surface area contributed by atoms with Crippen LogP contribution in [0, 0.1) is 19.3 Å². The molecule has 0 saturated carbocycles. The average molecular weight is 728 g/mol. The summed E-state index contributed by atoms with van der Waals surface area (Å²) < 4.78 is 5.81. The van der Waals surface area contributed by atoms with E-state index >= 15 is 0 Å². The maximum atomic E-state index is 12.3. The molecule has 0 bridgehead atoms. The van der Waals surface area contributed by atoms with E-state index in [9.17, 15) is 14.4 Å². The van der Waals surface area contributed by atoms with Gasteiger partial charge in [-0.25, -0.2) is 4.98 Å². The van der Waals surface area contributed by atoms with E-state index in [4.69, 9.17) is 4.74 Å². The van der Waals surface area contributed by atoms with Crippen molar-refractivity contribution in [1.29, 1.82) is 0 Å². The van der Waals surface area contributed by atoms with E-state index < -0.39 is 11.8 Å². The summed E-state index contributed by atoms with van der Waals surface area (Å²) in [5.41, 5.74) is 5.16. The third-order valence-corrected chi connectivity index (χ3v) is 6.95. The molecule has 288 valence electrons. The molecule has 3 aromatic carbocycles. The molecule has 0 aliphatic carbocycles. The molecule has 11 nitrogen and oxygen atoms in total. The summed E-state index contributed by atoms with van der Waals surface area (Å²) in [7, 11) is 0. The highest BCUT2D eigenvalue weighted by atomic mass is 16.5. The van der Waals surface area contributed by atoms with Crippen LogP contribution in [-0.4, -0.2) is 47.4 Å². The zero-order chi connectivity index (χ0) is 39.4. The lowest BCUT2D eigenvalue weighted by Gasteiger charge is -2.12. The number of unbranched alkanes of at least 4 members (excludes halogenated alkanes) is 1. The molecule has 1 aliphatic heterocycles. The predicted molar refractivity (Wildman–Crippen MR) is 220 cm³/mol. The smallest absolute Gasteiger partial charge is 0.261 e. The number of hydrogen-bond donors (Lipinski definition) is 5. The summed E-state index contributed by atoms with van der Waals surface area (Å²) in [6.07, 6.45) is 5.09. The highest BCUT2D eigenvalue weighted by molar-refractivity contribution is 6.24. The maximum Gasteiger partial charge on any atom is 0.261 e. The molecule has 3 amide bonds. The summed E-state index contributed by atoms with van der Waals surface area (Å²) in [5, 5.41) is 14.5. The highest BCUT2D eigenvalue weighted by Gasteiger charge is 2.29. The fourth-order valence-corrected chi connectivity index (χ4v) is 4.36. The first-order valence-electron chi connectivity index (χ1n) is 18.4. The van der Waals surface area contributed by atoms with Gasteiger partial charge in [0.1, 0.15) is 11.6 Å². The Morgan fingerprint density at radius 3 is 2.17 bits per heavy atom. The van der Waals surface area contributed by atoms with Gasteiger partial charge in [-0.3, -0.25) is 19.7 Å². The molecule has 53 heavy (non-hydrogen) atoms. The number of fused-ring (bicyclic) bond motifs is 1. The van der Waals surface area contributed by atoms with E-state index in [2.05, 4.69) is 84.2 Å². The van der Waals surface area contributed by atoms with Gasteiger partial charge in [-0.05, 0) is 86.3 Å². The molecular weight excluding hydrogens is 667 g/mol. The van der Waals surface area contributed by atoms with E-state index in [1.807, 2.05) is 70.2 Å². The van der Waals surface area contributed by atoms with Crippen LogP contribution in [-0.2, 0) is 4.79 Å². The molecule has 11 heteroatoms. The molecule has 5 N–H and O–H groups in total. The first-order chi connectivity index (χ1) is 25.3. The normalized spacial score (nSPS) is 11.3. The van der Waals surface area contributed by atoms with Crippen molar-refractivity contribution in [3.63, 3.8) is 0 Å². The van der Waals surface area contributed by atoms with Gasteiger partial charge in [0.2, 0.25) is 11.9 Å². The summed E-state index contributed by atoms with van der Waals surface area (Å²) in [6.45, 7) is 22.2. The third-order valence-electron chi connectivity index (χ3n) is 6.95. The Bertz CT molecular complexity index is 1750. The number of nitrogens with one attached hydrogen (secondary N) is 5. The lowest BCUT2D eigenvalue weighted by atomic mass is 10.0. The number of imide groups is 1. The molecule has 0 fully saturated rings. The van der Waals surface area contributed by atoms with Crippen molar-refractivity contribution < 1.29 is 20.5 Å². The summed E-state index contributed by atoms with van der Waals surface area (Å²) in [5.74, 6) is 0.648. The van der Waals surface area contributed by atoms with Crippen LogP contribution >= 0.6 is 0 Å². The number of hydrogen-bond acceptors (Lipinski definition) is 9. The van der Waals surface area contributed by atoms with E-state index in [1.54, 1.807) is 24.4 Å². The fourth-order valence-electron chi connectivity index (χ4n) is 4.36. The minimum absolute atomic E-state index is 0. The molecule has 0 radical (unpaired) electrons. The highest BCUT2D eigenvalue weighted by Crippen LogP contribution is 2.25. The topological polar surface area (TPSA) is 146 Å². The Morgan fingerprint density at radius 2 is 1.53 bits per heavy atom. The van der Waals surface area contributed by atoms with E-state index in [0.29, 0.717) is 36.6 Å². The Morgan fingerprint density at radius 1 is 0.868 bits per heavy atom. The van der Waals surface area contributed by atoms with Crippen LogP contribution in [0.1, 0.15) is 108 Å². The number of ether oxygens (including phenoxy) is 1. The Hall–Kier alpha value is -5.29. The number of carbonyl (C=O) groups is 3. The van der Waals surface area contributed by atoms with Crippen LogP contribution in [0.5, 0.6) is 5.75 Å². The number of amides is 3. The first-order valence-corrected chi connectivity index (χ1v) is 18.4. The van der Waals surface area contributed by atoms with Gasteiger partial charge in [-0.1, -0.05) is 86.4 Å². The third kappa shape index (κ3) is 16.3. The molecule has 5 rings (SSSR count). The van der Waals surface area contributed by atoms with Crippen LogP contribution in [0.15, 0.2) is 72.9 Å². The van der Waals surface area contributed by atoms with Crippen molar-refractivity contribution in [3.05, 3.63) is 95.2 Å². The van der Waals surface area contributed by atoms with Crippen molar-refractivity contribution in [2.75, 3.05) is 35.6 Å². The van der Waals surface area contributed by atoms with Crippen LogP contribution in [0.3, 0.4) is 0 Å². The van der Waals surface area contributed by atoms with Crippen LogP contribution in [0.4, 0.5) is 28.8 Å². The molecule has 4 aromatic rings.